The number of hydrogen-bond acceptors (Lipinski definition) is 4. The first-order chi connectivity index (χ1) is 9.17. The van der Waals surface area contributed by atoms with Gasteiger partial charge in [-0.15, -0.1) is 0 Å². The number of nitrogens with zero attached hydrogens (tertiary/aromatic N) is 1. The Morgan fingerprint density at radius 3 is 2.89 bits per heavy atom. The van der Waals surface area contributed by atoms with E-state index in [9.17, 15) is 4.39 Å². The molecule has 6 heteroatoms. The van der Waals surface area contributed by atoms with E-state index in [0.29, 0.717) is 11.3 Å². The Morgan fingerprint density at radius 1 is 1.42 bits per heavy atom. The summed E-state index contributed by atoms with van der Waals surface area (Å²) in [6, 6.07) is 5.87. The molecule has 100 valence electrons. The molecule has 0 aliphatic carbocycles. The maximum Gasteiger partial charge on any atom is 0.142 e. The molecular weight excluding hydrogens is 269 g/mol. The van der Waals surface area contributed by atoms with Gasteiger partial charge in [0.1, 0.15) is 11.6 Å². The van der Waals surface area contributed by atoms with Gasteiger partial charge in [-0.25, -0.2) is 9.82 Å². The molecule has 1 aromatic carbocycles. The van der Waals surface area contributed by atoms with Gasteiger partial charge in [0, 0.05) is 6.20 Å². The zero-order valence-corrected chi connectivity index (χ0v) is 11.0. The maximum absolute atomic E-state index is 13.5. The third-order valence-corrected chi connectivity index (χ3v) is 3.16. The van der Waals surface area contributed by atoms with Crippen LogP contribution in [0.15, 0.2) is 36.7 Å². The first-order valence-electron chi connectivity index (χ1n) is 5.56. The van der Waals surface area contributed by atoms with Crippen molar-refractivity contribution in [3.05, 3.63) is 58.6 Å². The largest absolute Gasteiger partial charge is 0.495 e. The summed E-state index contributed by atoms with van der Waals surface area (Å²) in [6.07, 6.45) is 3.19. The molecule has 19 heavy (non-hydrogen) atoms. The number of ether oxygens (including phenoxy) is 1. The molecule has 3 N–H and O–H groups in total. The van der Waals surface area contributed by atoms with Crippen molar-refractivity contribution < 1.29 is 9.13 Å². The molecule has 0 radical (unpaired) electrons. The minimum atomic E-state index is -0.490. The topological polar surface area (TPSA) is 60.2 Å². The average Bonchev–Trinajstić information content (AvgIpc) is 2.44. The summed E-state index contributed by atoms with van der Waals surface area (Å²) in [4.78, 5) is 4.04. The highest BCUT2D eigenvalue weighted by Gasteiger charge is 2.18. The van der Waals surface area contributed by atoms with Crippen molar-refractivity contribution in [1.82, 2.24) is 10.4 Å². The van der Waals surface area contributed by atoms with E-state index in [1.54, 1.807) is 37.7 Å². The van der Waals surface area contributed by atoms with Crippen LogP contribution >= 0.6 is 11.6 Å². The van der Waals surface area contributed by atoms with Crippen LogP contribution in [0.1, 0.15) is 17.2 Å². The monoisotopic (exact) mass is 281 g/mol. The van der Waals surface area contributed by atoms with Gasteiger partial charge in [-0.1, -0.05) is 23.7 Å². The number of aromatic nitrogens is 1. The molecule has 0 aliphatic heterocycles. The summed E-state index contributed by atoms with van der Waals surface area (Å²) >= 11 is 5.97. The molecule has 1 unspecified atom stereocenters. The number of hydrazine groups is 1. The van der Waals surface area contributed by atoms with E-state index in [-0.39, 0.29) is 5.02 Å². The number of benzene rings is 1. The van der Waals surface area contributed by atoms with Gasteiger partial charge in [0.15, 0.2) is 0 Å². The van der Waals surface area contributed by atoms with Gasteiger partial charge < -0.3 is 4.74 Å². The van der Waals surface area contributed by atoms with Crippen LogP contribution < -0.4 is 16.0 Å². The van der Waals surface area contributed by atoms with Gasteiger partial charge in [0.25, 0.3) is 0 Å². The van der Waals surface area contributed by atoms with E-state index in [4.69, 9.17) is 22.2 Å². The van der Waals surface area contributed by atoms with Gasteiger partial charge in [-0.05, 0) is 23.3 Å². The fourth-order valence-electron chi connectivity index (χ4n) is 1.81. The fourth-order valence-corrected chi connectivity index (χ4v) is 2.05. The molecule has 0 saturated heterocycles. The summed E-state index contributed by atoms with van der Waals surface area (Å²) in [5.41, 5.74) is 3.88. The number of pyridine rings is 1. The number of rotatable bonds is 4. The second-order valence-corrected chi connectivity index (χ2v) is 4.28. The highest BCUT2D eigenvalue weighted by Crippen LogP contribution is 2.30. The van der Waals surface area contributed by atoms with Gasteiger partial charge >= 0.3 is 0 Å². The van der Waals surface area contributed by atoms with Crippen LogP contribution in [0.5, 0.6) is 5.75 Å². The lowest BCUT2D eigenvalue weighted by Gasteiger charge is -2.18. The minimum absolute atomic E-state index is 0.0354. The lowest BCUT2D eigenvalue weighted by atomic mass is 10.0. The number of methoxy groups -OCH3 is 1. The molecule has 2 rings (SSSR count). The first-order valence-corrected chi connectivity index (χ1v) is 5.94. The van der Waals surface area contributed by atoms with Crippen LogP contribution in [0.25, 0.3) is 0 Å². The molecule has 0 aliphatic rings. The molecular formula is C13H13ClFN3O. The number of nitrogens with two attached hydrogens (primary N) is 1. The summed E-state index contributed by atoms with van der Waals surface area (Å²) in [7, 11) is 1.54. The minimum Gasteiger partial charge on any atom is -0.495 e. The van der Waals surface area contributed by atoms with Crippen molar-refractivity contribution in [3.8, 4) is 5.75 Å². The average molecular weight is 282 g/mol. The third kappa shape index (κ3) is 2.84. The predicted octanol–water partition coefficient (Wildman–Crippen LogP) is 2.44. The zero-order chi connectivity index (χ0) is 13.8. The van der Waals surface area contributed by atoms with Crippen molar-refractivity contribution in [1.29, 1.82) is 0 Å². The Labute approximate surface area is 115 Å². The predicted molar refractivity (Wildman–Crippen MR) is 71.4 cm³/mol. The van der Waals surface area contributed by atoms with E-state index < -0.39 is 11.9 Å². The number of nitrogens with one attached hydrogen (secondary N) is 1. The van der Waals surface area contributed by atoms with Crippen molar-refractivity contribution >= 4 is 11.6 Å². The van der Waals surface area contributed by atoms with Crippen LogP contribution in [0.2, 0.25) is 5.02 Å². The van der Waals surface area contributed by atoms with Crippen molar-refractivity contribution in [2.45, 2.75) is 6.04 Å². The van der Waals surface area contributed by atoms with Crippen molar-refractivity contribution in [2.24, 2.45) is 5.84 Å². The van der Waals surface area contributed by atoms with E-state index in [0.717, 1.165) is 5.56 Å². The molecule has 0 amide bonds. The Bertz CT molecular complexity index is 580. The second kappa shape index (κ2) is 5.97. The molecule has 0 spiro atoms. The Balaban J connectivity index is 2.46. The lowest BCUT2D eigenvalue weighted by molar-refractivity contribution is 0.411. The highest BCUT2D eigenvalue weighted by atomic mass is 35.5. The number of halogens is 2. The summed E-state index contributed by atoms with van der Waals surface area (Å²) in [5.74, 6) is 5.65. The Morgan fingerprint density at radius 2 is 2.21 bits per heavy atom. The molecule has 0 saturated carbocycles. The van der Waals surface area contributed by atoms with Crippen molar-refractivity contribution in [3.63, 3.8) is 0 Å². The number of hydrogen-bond donors (Lipinski definition) is 2. The molecule has 4 nitrogen and oxygen atoms in total. The van der Waals surface area contributed by atoms with Crippen LogP contribution in [0.3, 0.4) is 0 Å². The smallest absolute Gasteiger partial charge is 0.142 e. The SMILES string of the molecule is COc1cncc(C(NN)c2cccc(F)c2Cl)c1. The van der Waals surface area contributed by atoms with Crippen molar-refractivity contribution in [2.75, 3.05) is 7.11 Å². The Hall–Kier alpha value is -1.69. The summed E-state index contributed by atoms with van der Waals surface area (Å²) < 4.78 is 18.6. The molecule has 1 aromatic heterocycles. The van der Waals surface area contributed by atoms with Crippen LogP contribution in [-0.4, -0.2) is 12.1 Å². The maximum atomic E-state index is 13.5. The summed E-state index contributed by atoms with van der Waals surface area (Å²) in [6.45, 7) is 0. The highest BCUT2D eigenvalue weighted by molar-refractivity contribution is 6.31. The standard InChI is InChI=1S/C13H13ClFN3O/c1-19-9-5-8(6-17-7-9)13(18-16)10-3-2-4-11(15)12(10)14/h2-7,13,18H,16H2,1H3. The molecule has 1 atom stereocenters. The van der Waals surface area contributed by atoms with Gasteiger partial charge in [0.2, 0.25) is 0 Å². The fraction of sp³-hybridized carbons (Fsp3) is 0.154. The van der Waals surface area contributed by atoms with Gasteiger partial charge in [-0.3, -0.25) is 10.8 Å². The van der Waals surface area contributed by atoms with Gasteiger partial charge in [-0.2, -0.15) is 0 Å². The second-order valence-electron chi connectivity index (χ2n) is 3.90. The molecule has 2 aromatic rings. The molecule has 1 heterocycles. The molecule has 0 bridgehead atoms. The van der Waals surface area contributed by atoms with Crippen LogP contribution in [0, 0.1) is 5.82 Å². The zero-order valence-electron chi connectivity index (χ0n) is 10.2. The first kappa shape index (κ1) is 13.7. The van der Waals surface area contributed by atoms with Crippen LogP contribution in [0.4, 0.5) is 4.39 Å². The third-order valence-electron chi connectivity index (χ3n) is 2.76. The van der Waals surface area contributed by atoms with E-state index in [2.05, 4.69) is 10.4 Å². The normalized spacial score (nSPS) is 12.2. The Kier molecular flexibility index (Phi) is 4.31. The summed E-state index contributed by atoms with van der Waals surface area (Å²) in [5, 5.41) is 0.0354. The van der Waals surface area contributed by atoms with E-state index >= 15 is 0 Å². The van der Waals surface area contributed by atoms with Gasteiger partial charge in [0.05, 0.1) is 24.4 Å². The quantitative estimate of drug-likeness (QED) is 0.667. The molecule has 0 fully saturated rings. The van der Waals surface area contributed by atoms with E-state index in [1.807, 2.05) is 0 Å². The van der Waals surface area contributed by atoms with E-state index in [1.165, 1.54) is 6.07 Å². The lowest BCUT2D eigenvalue weighted by Crippen LogP contribution is -2.29. The van der Waals surface area contributed by atoms with Crippen LogP contribution in [-0.2, 0) is 0 Å².